The molecule has 3 N–H and O–H groups in total. The molecule has 11 heteroatoms. The number of halogens is 4. The molecule has 0 unspecified atom stereocenters. The monoisotopic (exact) mass is 526 g/mol. The third kappa shape index (κ3) is 6.03. The first-order valence-electron chi connectivity index (χ1n) is 11.8. The van der Waals surface area contributed by atoms with E-state index in [-0.39, 0.29) is 23.2 Å². The van der Waals surface area contributed by atoms with Crippen molar-refractivity contribution in [1.29, 1.82) is 0 Å². The molecule has 1 fully saturated rings. The predicted molar refractivity (Wildman–Crippen MR) is 137 cm³/mol. The van der Waals surface area contributed by atoms with E-state index in [4.69, 9.17) is 5.73 Å². The van der Waals surface area contributed by atoms with Gasteiger partial charge in [0.2, 0.25) is 5.95 Å². The molecule has 0 spiro atoms. The van der Waals surface area contributed by atoms with Crippen LogP contribution >= 0.6 is 0 Å². The van der Waals surface area contributed by atoms with Crippen molar-refractivity contribution in [3.63, 3.8) is 0 Å². The molecule has 0 radical (unpaired) electrons. The van der Waals surface area contributed by atoms with Crippen LogP contribution in [0.4, 0.5) is 34.9 Å². The van der Waals surface area contributed by atoms with E-state index in [0.717, 1.165) is 37.7 Å². The maximum Gasteiger partial charge on any atom is 0.416 e. The van der Waals surface area contributed by atoms with Gasteiger partial charge in [0.05, 0.1) is 33.8 Å². The number of aromatic nitrogens is 2. The molecule has 198 valence electrons. The molecular formula is C27H26F4N6O. The highest BCUT2D eigenvalue weighted by molar-refractivity contribution is 6.06. The van der Waals surface area contributed by atoms with Crippen LogP contribution in [0.3, 0.4) is 0 Å². The Morgan fingerprint density at radius 1 is 1.21 bits per heavy atom. The largest absolute Gasteiger partial charge is 0.416 e. The zero-order valence-electron chi connectivity index (χ0n) is 21.0. The summed E-state index contributed by atoms with van der Waals surface area (Å²) in [7, 11) is 3.73. The van der Waals surface area contributed by atoms with E-state index >= 15 is 0 Å². The molecule has 1 aliphatic heterocycles. The molecule has 2 aromatic carbocycles. The SMILES string of the molecule is Cc1nc(N)ncc1C#Cc1ccc(F)c(C(=O)Nc2cc(C(F)(F)F)ccc2N(C)[C@H]2CCN(C)C2)c1. The summed E-state index contributed by atoms with van der Waals surface area (Å²) in [6.07, 6.45) is -2.35. The van der Waals surface area contributed by atoms with E-state index < -0.39 is 23.5 Å². The van der Waals surface area contributed by atoms with Crippen LogP contribution in [0.25, 0.3) is 0 Å². The van der Waals surface area contributed by atoms with E-state index in [1.165, 1.54) is 24.4 Å². The normalized spacial score (nSPS) is 15.6. The van der Waals surface area contributed by atoms with Gasteiger partial charge in [-0.15, -0.1) is 0 Å². The van der Waals surface area contributed by atoms with Crippen LogP contribution in [0.5, 0.6) is 0 Å². The summed E-state index contributed by atoms with van der Waals surface area (Å²) in [6.45, 7) is 3.27. The van der Waals surface area contributed by atoms with Crippen molar-refractivity contribution >= 4 is 23.2 Å². The highest BCUT2D eigenvalue weighted by atomic mass is 19.4. The van der Waals surface area contributed by atoms with Crippen LogP contribution in [-0.2, 0) is 6.18 Å². The van der Waals surface area contributed by atoms with Crippen molar-refractivity contribution < 1.29 is 22.4 Å². The molecule has 0 aliphatic carbocycles. The number of anilines is 3. The summed E-state index contributed by atoms with van der Waals surface area (Å²) in [4.78, 5) is 25.0. The third-order valence-electron chi connectivity index (χ3n) is 6.42. The van der Waals surface area contributed by atoms with Gasteiger partial charge in [-0.25, -0.2) is 14.4 Å². The number of hydrogen-bond donors (Lipinski definition) is 2. The summed E-state index contributed by atoms with van der Waals surface area (Å²) in [6, 6.07) is 6.93. The van der Waals surface area contributed by atoms with Crippen molar-refractivity contribution in [2.45, 2.75) is 25.6 Å². The zero-order valence-corrected chi connectivity index (χ0v) is 21.0. The van der Waals surface area contributed by atoms with E-state index in [1.54, 1.807) is 14.0 Å². The first-order valence-corrected chi connectivity index (χ1v) is 11.8. The number of benzene rings is 2. The van der Waals surface area contributed by atoms with Crippen LogP contribution in [-0.4, -0.2) is 54.0 Å². The molecule has 1 saturated heterocycles. The van der Waals surface area contributed by atoms with Gasteiger partial charge in [-0.2, -0.15) is 13.2 Å². The standard InChI is InChI=1S/C27H26F4N6O/c1-16-18(14-33-26(32)34-16)6-4-17-5-8-22(28)21(12-17)25(38)35-23-13-19(27(29,30)31)7-9-24(23)37(3)20-10-11-36(2)15-20/h5,7-9,12-14,20H,10-11,15H2,1-3H3,(H,35,38)(H2,32,33,34)/t20-/m0/s1. The van der Waals surface area contributed by atoms with Gasteiger partial charge in [-0.05, 0) is 63.3 Å². The number of nitrogen functional groups attached to an aromatic ring is 1. The number of amides is 1. The van der Waals surface area contributed by atoms with Crippen LogP contribution in [0.2, 0.25) is 0 Å². The number of nitrogens with two attached hydrogens (primary N) is 1. The number of hydrogen-bond acceptors (Lipinski definition) is 6. The van der Waals surface area contributed by atoms with Crippen LogP contribution in [0.15, 0.2) is 42.6 Å². The number of aryl methyl sites for hydroxylation is 1. The maximum atomic E-state index is 14.7. The number of nitrogens with zero attached hydrogens (tertiary/aromatic N) is 4. The minimum Gasteiger partial charge on any atom is -0.369 e. The molecule has 0 saturated carbocycles. The Bertz CT molecular complexity index is 1430. The molecule has 1 amide bonds. The Labute approximate surface area is 217 Å². The Morgan fingerprint density at radius 2 is 1.97 bits per heavy atom. The molecule has 1 aliphatic rings. The fourth-order valence-electron chi connectivity index (χ4n) is 4.26. The van der Waals surface area contributed by atoms with Crippen molar-refractivity contribution in [2.75, 3.05) is 43.1 Å². The molecule has 1 atom stereocenters. The van der Waals surface area contributed by atoms with Gasteiger partial charge >= 0.3 is 6.18 Å². The summed E-state index contributed by atoms with van der Waals surface area (Å²) < 4.78 is 55.1. The summed E-state index contributed by atoms with van der Waals surface area (Å²) in [5, 5.41) is 2.50. The number of carbonyl (C=O) groups is 1. The zero-order chi connectivity index (χ0) is 27.6. The summed E-state index contributed by atoms with van der Waals surface area (Å²) in [5.74, 6) is 4.06. The van der Waals surface area contributed by atoms with Crippen LogP contribution < -0.4 is 16.0 Å². The quantitative estimate of drug-likeness (QED) is 0.389. The molecule has 7 nitrogen and oxygen atoms in total. The minimum absolute atomic E-state index is 0.0449. The maximum absolute atomic E-state index is 14.7. The van der Waals surface area contributed by atoms with Crippen molar-refractivity contribution in [3.8, 4) is 11.8 Å². The van der Waals surface area contributed by atoms with Gasteiger partial charge in [0.25, 0.3) is 5.91 Å². The second kappa shape index (κ2) is 10.7. The third-order valence-corrected chi connectivity index (χ3v) is 6.42. The molecule has 0 bridgehead atoms. The number of rotatable bonds is 4. The van der Waals surface area contributed by atoms with Crippen LogP contribution in [0.1, 0.15) is 39.2 Å². The van der Waals surface area contributed by atoms with Gasteiger partial charge in [0.1, 0.15) is 5.82 Å². The number of carbonyl (C=O) groups excluding carboxylic acids is 1. The lowest BCUT2D eigenvalue weighted by Gasteiger charge is -2.29. The summed E-state index contributed by atoms with van der Waals surface area (Å²) in [5.41, 5.74) is 6.00. The predicted octanol–water partition coefficient (Wildman–Crippen LogP) is 4.32. The number of alkyl halides is 3. The highest BCUT2D eigenvalue weighted by Gasteiger charge is 2.33. The molecule has 3 aromatic rings. The Kier molecular flexibility index (Phi) is 7.55. The van der Waals surface area contributed by atoms with Gasteiger partial charge in [0.15, 0.2) is 0 Å². The Balaban J connectivity index is 1.65. The number of likely N-dealkylation sites (tertiary alicyclic amines) is 1. The number of likely N-dealkylation sites (N-methyl/N-ethyl adjacent to an activating group) is 2. The number of nitrogens with one attached hydrogen (secondary N) is 1. The van der Waals surface area contributed by atoms with E-state index in [9.17, 15) is 22.4 Å². The lowest BCUT2D eigenvalue weighted by atomic mass is 10.1. The van der Waals surface area contributed by atoms with Gasteiger partial charge in [-0.1, -0.05) is 11.8 Å². The van der Waals surface area contributed by atoms with Gasteiger partial charge in [0, 0.05) is 31.4 Å². The topological polar surface area (TPSA) is 87.4 Å². The van der Waals surface area contributed by atoms with Crippen molar-refractivity contribution in [1.82, 2.24) is 14.9 Å². The highest BCUT2D eigenvalue weighted by Crippen LogP contribution is 2.36. The van der Waals surface area contributed by atoms with Crippen LogP contribution in [0, 0.1) is 24.6 Å². The van der Waals surface area contributed by atoms with E-state index in [1.807, 2.05) is 11.9 Å². The van der Waals surface area contributed by atoms with E-state index in [2.05, 4.69) is 32.0 Å². The minimum atomic E-state index is -4.62. The first-order chi connectivity index (χ1) is 17.9. The fourth-order valence-corrected chi connectivity index (χ4v) is 4.26. The van der Waals surface area contributed by atoms with Crippen molar-refractivity contribution in [2.24, 2.45) is 0 Å². The average molecular weight is 527 g/mol. The molecule has 38 heavy (non-hydrogen) atoms. The second-order valence-electron chi connectivity index (χ2n) is 9.17. The fraction of sp³-hybridized carbons (Fsp3) is 0.296. The lowest BCUT2D eigenvalue weighted by Crippen LogP contribution is -2.34. The molecule has 4 rings (SSSR count). The Morgan fingerprint density at radius 3 is 2.63 bits per heavy atom. The second-order valence-corrected chi connectivity index (χ2v) is 9.17. The first kappa shape index (κ1) is 26.9. The average Bonchev–Trinajstić information content (AvgIpc) is 3.29. The van der Waals surface area contributed by atoms with Gasteiger partial charge < -0.3 is 20.9 Å². The smallest absolute Gasteiger partial charge is 0.369 e. The van der Waals surface area contributed by atoms with E-state index in [0.29, 0.717) is 22.5 Å². The molecular weight excluding hydrogens is 500 g/mol. The summed E-state index contributed by atoms with van der Waals surface area (Å²) >= 11 is 0. The molecule has 1 aromatic heterocycles. The van der Waals surface area contributed by atoms with Gasteiger partial charge in [-0.3, -0.25) is 4.79 Å². The Hall–Kier alpha value is -4.17. The lowest BCUT2D eigenvalue weighted by molar-refractivity contribution is -0.137. The van der Waals surface area contributed by atoms with Crippen molar-refractivity contribution in [3.05, 3.63) is 76.4 Å². The molecule has 2 heterocycles.